The van der Waals surface area contributed by atoms with Crippen molar-refractivity contribution in [2.24, 2.45) is 17.3 Å². The zero-order chi connectivity index (χ0) is 11.6. The van der Waals surface area contributed by atoms with Crippen LogP contribution >= 0.6 is 0 Å². The molecule has 0 bridgehead atoms. The molecule has 0 spiro atoms. The van der Waals surface area contributed by atoms with Gasteiger partial charge in [0, 0.05) is 6.54 Å². The summed E-state index contributed by atoms with van der Waals surface area (Å²) in [7, 11) is 0. The van der Waals surface area contributed by atoms with Crippen molar-refractivity contribution in [1.29, 1.82) is 0 Å². The van der Waals surface area contributed by atoms with E-state index < -0.39 is 0 Å². The summed E-state index contributed by atoms with van der Waals surface area (Å²) in [5.74, 6) is 1.91. The molecule has 1 saturated heterocycles. The van der Waals surface area contributed by atoms with E-state index >= 15 is 0 Å². The second-order valence-electron chi connectivity index (χ2n) is 6.73. The van der Waals surface area contributed by atoms with Crippen LogP contribution in [0.2, 0.25) is 0 Å². The summed E-state index contributed by atoms with van der Waals surface area (Å²) < 4.78 is 0. The van der Waals surface area contributed by atoms with Crippen molar-refractivity contribution in [1.82, 2.24) is 4.90 Å². The molecule has 0 unspecified atom stereocenters. The smallest absolute Gasteiger partial charge is 0.00381 e. The third-order valence-corrected chi connectivity index (χ3v) is 4.64. The molecule has 0 atom stereocenters. The minimum absolute atomic E-state index is 0.743. The van der Waals surface area contributed by atoms with Gasteiger partial charge < -0.3 is 4.90 Å². The quantitative estimate of drug-likeness (QED) is 0.682. The summed E-state index contributed by atoms with van der Waals surface area (Å²) >= 11 is 0. The lowest BCUT2D eigenvalue weighted by Crippen LogP contribution is -2.38. The lowest BCUT2D eigenvalue weighted by atomic mass is 9.90. The van der Waals surface area contributed by atoms with Crippen molar-refractivity contribution in [2.75, 3.05) is 19.6 Å². The summed E-state index contributed by atoms with van der Waals surface area (Å²) in [6.07, 6.45) is 8.76. The van der Waals surface area contributed by atoms with Gasteiger partial charge in [-0.1, -0.05) is 27.2 Å². The van der Waals surface area contributed by atoms with Crippen molar-refractivity contribution in [3.05, 3.63) is 0 Å². The third-order valence-electron chi connectivity index (χ3n) is 4.64. The molecule has 1 nitrogen and oxygen atoms in total. The Balaban J connectivity index is 1.74. The largest absolute Gasteiger partial charge is 0.303 e. The molecule has 1 aliphatic carbocycles. The van der Waals surface area contributed by atoms with Gasteiger partial charge in [0.25, 0.3) is 0 Å². The van der Waals surface area contributed by atoms with Crippen LogP contribution in [0.5, 0.6) is 0 Å². The Labute approximate surface area is 102 Å². The van der Waals surface area contributed by atoms with Gasteiger partial charge in [0.1, 0.15) is 0 Å². The number of nitrogens with zero attached hydrogens (tertiary/aromatic N) is 1. The van der Waals surface area contributed by atoms with Crippen LogP contribution in [0, 0.1) is 17.3 Å². The van der Waals surface area contributed by atoms with E-state index in [-0.39, 0.29) is 0 Å². The number of hydrogen-bond donors (Lipinski definition) is 0. The molecule has 94 valence electrons. The van der Waals surface area contributed by atoms with Crippen LogP contribution < -0.4 is 0 Å². The fourth-order valence-electron chi connectivity index (χ4n) is 3.50. The predicted molar refractivity (Wildman–Crippen MR) is 70.6 cm³/mol. The Morgan fingerprint density at radius 3 is 2.25 bits per heavy atom. The Bertz CT molecular complexity index is 209. The lowest BCUT2D eigenvalue weighted by Gasteiger charge is -2.34. The Kier molecular flexibility index (Phi) is 3.94. The van der Waals surface area contributed by atoms with Crippen LogP contribution in [0.25, 0.3) is 0 Å². The van der Waals surface area contributed by atoms with Crippen molar-refractivity contribution < 1.29 is 0 Å². The van der Waals surface area contributed by atoms with Gasteiger partial charge in [-0.25, -0.2) is 0 Å². The molecule has 1 heterocycles. The molecule has 1 heteroatoms. The highest BCUT2D eigenvalue weighted by Gasteiger charge is 2.44. The second kappa shape index (κ2) is 5.08. The van der Waals surface area contributed by atoms with E-state index in [2.05, 4.69) is 25.7 Å². The van der Waals surface area contributed by atoms with E-state index in [0.717, 1.165) is 17.3 Å². The molecular weight excluding hydrogens is 194 g/mol. The molecule has 0 N–H and O–H groups in total. The average molecular weight is 223 g/mol. The fraction of sp³-hybridized carbons (Fsp3) is 1.00. The van der Waals surface area contributed by atoms with Gasteiger partial charge in [0.2, 0.25) is 0 Å². The van der Waals surface area contributed by atoms with Crippen LogP contribution in [-0.2, 0) is 0 Å². The maximum Gasteiger partial charge on any atom is 0.00381 e. The predicted octanol–water partition coefficient (Wildman–Crippen LogP) is 3.93. The van der Waals surface area contributed by atoms with Crippen LogP contribution in [0.3, 0.4) is 0 Å². The van der Waals surface area contributed by atoms with Gasteiger partial charge in [-0.15, -0.1) is 0 Å². The first-order valence-corrected chi connectivity index (χ1v) is 7.36. The monoisotopic (exact) mass is 223 g/mol. The van der Waals surface area contributed by atoms with Crippen molar-refractivity contribution in [3.63, 3.8) is 0 Å². The minimum Gasteiger partial charge on any atom is -0.303 e. The third kappa shape index (κ3) is 3.23. The van der Waals surface area contributed by atoms with Crippen LogP contribution in [0.15, 0.2) is 0 Å². The summed E-state index contributed by atoms with van der Waals surface area (Å²) in [5, 5.41) is 0. The summed E-state index contributed by atoms with van der Waals surface area (Å²) in [6, 6.07) is 0. The topological polar surface area (TPSA) is 3.24 Å². The summed E-state index contributed by atoms with van der Waals surface area (Å²) in [5.41, 5.74) is 0.743. The minimum atomic E-state index is 0.743. The molecule has 2 rings (SSSR count). The van der Waals surface area contributed by atoms with Gasteiger partial charge in [-0.2, -0.15) is 0 Å². The number of likely N-dealkylation sites (tertiary alicyclic amines) is 1. The Morgan fingerprint density at radius 1 is 1.19 bits per heavy atom. The van der Waals surface area contributed by atoms with Gasteiger partial charge >= 0.3 is 0 Å². The molecule has 1 saturated carbocycles. The fourth-order valence-corrected chi connectivity index (χ4v) is 3.50. The van der Waals surface area contributed by atoms with E-state index in [1.54, 1.807) is 0 Å². The first-order chi connectivity index (χ1) is 7.63. The van der Waals surface area contributed by atoms with Crippen LogP contribution in [0.1, 0.15) is 59.3 Å². The molecule has 0 aromatic carbocycles. The normalized spacial score (nSPS) is 26.2. The number of rotatable bonds is 5. The molecular formula is C15H29N. The lowest BCUT2D eigenvalue weighted by molar-refractivity contribution is 0.143. The first kappa shape index (κ1) is 12.4. The van der Waals surface area contributed by atoms with Gasteiger partial charge in [0.15, 0.2) is 0 Å². The molecule has 2 aliphatic rings. The van der Waals surface area contributed by atoms with Gasteiger partial charge in [-0.05, 0) is 62.4 Å². The zero-order valence-electron chi connectivity index (χ0n) is 11.5. The van der Waals surface area contributed by atoms with E-state index in [4.69, 9.17) is 0 Å². The van der Waals surface area contributed by atoms with E-state index in [1.165, 1.54) is 58.2 Å². The molecule has 16 heavy (non-hydrogen) atoms. The standard InChI is InChI=1S/C15H29N/c1-4-14-5-9-16(10-6-14)12-15(7-8-15)11-13(2)3/h13-14H,4-12H2,1-3H3. The van der Waals surface area contributed by atoms with E-state index in [9.17, 15) is 0 Å². The van der Waals surface area contributed by atoms with E-state index in [1.807, 2.05) is 0 Å². The molecule has 1 aliphatic heterocycles. The second-order valence-corrected chi connectivity index (χ2v) is 6.73. The molecule has 0 aromatic rings. The van der Waals surface area contributed by atoms with E-state index in [0.29, 0.717) is 0 Å². The highest BCUT2D eigenvalue weighted by molar-refractivity contribution is 4.96. The highest BCUT2D eigenvalue weighted by atomic mass is 15.1. The summed E-state index contributed by atoms with van der Waals surface area (Å²) in [6.45, 7) is 11.3. The molecule has 0 aromatic heterocycles. The van der Waals surface area contributed by atoms with Gasteiger partial charge in [-0.3, -0.25) is 0 Å². The van der Waals surface area contributed by atoms with Crippen molar-refractivity contribution in [3.8, 4) is 0 Å². The maximum absolute atomic E-state index is 2.75. The van der Waals surface area contributed by atoms with Crippen molar-refractivity contribution in [2.45, 2.75) is 59.3 Å². The zero-order valence-corrected chi connectivity index (χ0v) is 11.5. The van der Waals surface area contributed by atoms with Crippen molar-refractivity contribution >= 4 is 0 Å². The van der Waals surface area contributed by atoms with Gasteiger partial charge in [0.05, 0.1) is 0 Å². The Morgan fingerprint density at radius 2 is 1.81 bits per heavy atom. The summed E-state index contributed by atoms with van der Waals surface area (Å²) in [4.78, 5) is 2.75. The highest BCUT2D eigenvalue weighted by Crippen LogP contribution is 2.51. The molecule has 0 radical (unpaired) electrons. The average Bonchev–Trinajstić information content (AvgIpc) is 2.98. The first-order valence-electron chi connectivity index (χ1n) is 7.36. The number of hydrogen-bond acceptors (Lipinski definition) is 1. The molecule has 0 amide bonds. The number of piperidine rings is 1. The van der Waals surface area contributed by atoms with Crippen LogP contribution in [-0.4, -0.2) is 24.5 Å². The molecule has 2 fully saturated rings. The maximum atomic E-state index is 2.75. The van der Waals surface area contributed by atoms with Crippen LogP contribution in [0.4, 0.5) is 0 Å². The SMILES string of the molecule is CCC1CCN(CC2(CC(C)C)CC2)CC1. The Hall–Kier alpha value is -0.0400.